The molecule has 1 atom stereocenters. The molecule has 2 amide bonds. The van der Waals surface area contributed by atoms with Crippen LogP contribution in [-0.4, -0.2) is 44.8 Å². The minimum absolute atomic E-state index is 0. The van der Waals surface area contributed by atoms with Crippen molar-refractivity contribution >= 4 is 29.1 Å². The van der Waals surface area contributed by atoms with E-state index in [2.05, 4.69) is 9.94 Å². The number of aliphatic hydroxyl groups is 1. The second-order valence-electron chi connectivity index (χ2n) is 7.56. The highest BCUT2D eigenvalue weighted by molar-refractivity contribution is 6.30. The number of amides is 2. The third-order valence-electron chi connectivity index (χ3n) is 5.46. The van der Waals surface area contributed by atoms with Crippen molar-refractivity contribution in [2.24, 2.45) is 5.73 Å². The van der Waals surface area contributed by atoms with Gasteiger partial charge >= 0.3 is 0 Å². The standard InChI is InChI=1S/C23H20ClN5O3.CH4/c1-26-17-7-5-14(6-8-17)9-20(31)28-11-18(13-30)29-19(12-28)21(23(25)32)22(27-29)15-3-2-4-16(24)10-15;/h2-8,10,18,30H,9,11-13H2,(H2,25,32);1H4. The van der Waals surface area contributed by atoms with Crippen LogP contribution in [0.2, 0.25) is 5.02 Å². The Morgan fingerprint density at radius 2 is 1.97 bits per heavy atom. The van der Waals surface area contributed by atoms with E-state index in [9.17, 15) is 14.7 Å². The minimum atomic E-state index is -0.665. The zero-order valence-corrected chi connectivity index (χ0v) is 17.8. The summed E-state index contributed by atoms with van der Waals surface area (Å²) in [5, 5.41) is 15.0. The molecule has 1 aliphatic heterocycles. The number of nitrogens with two attached hydrogens (primary N) is 1. The smallest absolute Gasteiger partial charge is 0.252 e. The van der Waals surface area contributed by atoms with Gasteiger partial charge in [0.05, 0.1) is 43.4 Å². The predicted octanol–water partition coefficient (Wildman–Crippen LogP) is 3.61. The zero-order valence-electron chi connectivity index (χ0n) is 17.0. The topological polar surface area (TPSA) is 106 Å². The largest absolute Gasteiger partial charge is 0.394 e. The maximum atomic E-state index is 13.0. The lowest BCUT2D eigenvalue weighted by atomic mass is 10.0. The summed E-state index contributed by atoms with van der Waals surface area (Å²) in [6.07, 6.45) is 0.137. The van der Waals surface area contributed by atoms with E-state index in [-0.39, 0.29) is 45.0 Å². The number of primary amides is 1. The normalized spacial score (nSPS) is 14.7. The van der Waals surface area contributed by atoms with E-state index in [0.717, 1.165) is 5.56 Å². The lowest BCUT2D eigenvalue weighted by Gasteiger charge is -2.33. The summed E-state index contributed by atoms with van der Waals surface area (Å²) in [7, 11) is 0. The molecule has 0 bridgehead atoms. The van der Waals surface area contributed by atoms with Crippen molar-refractivity contribution in [3.05, 3.63) is 81.8 Å². The molecule has 0 spiro atoms. The van der Waals surface area contributed by atoms with Crippen molar-refractivity contribution in [3.63, 3.8) is 0 Å². The number of nitrogens with zero attached hydrogens (tertiary/aromatic N) is 4. The predicted molar refractivity (Wildman–Crippen MR) is 126 cm³/mol. The Labute approximate surface area is 197 Å². The first-order valence-corrected chi connectivity index (χ1v) is 10.3. The van der Waals surface area contributed by atoms with Crippen molar-refractivity contribution in [2.45, 2.75) is 26.4 Å². The van der Waals surface area contributed by atoms with Gasteiger partial charge in [0.25, 0.3) is 5.91 Å². The second-order valence-corrected chi connectivity index (χ2v) is 7.99. The van der Waals surface area contributed by atoms with Crippen LogP contribution in [0.3, 0.4) is 0 Å². The van der Waals surface area contributed by atoms with E-state index in [1.807, 2.05) is 0 Å². The van der Waals surface area contributed by atoms with Gasteiger partial charge in [0.1, 0.15) is 5.69 Å². The van der Waals surface area contributed by atoms with Gasteiger partial charge < -0.3 is 15.7 Å². The first-order valence-electron chi connectivity index (χ1n) is 9.93. The lowest BCUT2D eigenvalue weighted by molar-refractivity contribution is -0.132. The number of fused-ring (bicyclic) bond motifs is 1. The molecule has 0 saturated carbocycles. The third-order valence-corrected chi connectivity index (χ3v) is 5.69. The number of aliphatic hydroxyl groups excluding tert-OH is 1. The summed E-state index contributed by atoms with van der Waals surface area (Å²) < 4.78 is 1.59. The molecular weight excluding hydrogens is 442 g/mol. The number of carbonyl (C=O) groups is 2. The van der Waals surface area contributed by atoms with Gasteiger partial charge in [0, 0.05) is 17.1 Å². The van der Waals surface area contributed by atoms with Crippen LogP contribution in [0.5, 0.6) is 0 Å². The quantitative estimate of drug-likeness (QED) is 0.561. The van der Waals surface area contributed by atoms with Crippen LogP contribution in [0.25, 0.3) is 16.1 Å². The number of hydrogen-bond acceptors (Lipinski definition) is 4. The van der Waals surface area contributed by atoms with E-state index in [1.165, 1.54) is 0 Å². The second kappa shape index (κ2) is 9.86. The average Bonchev–Trinajstić information content (AvgIpc) is 3.19. The molecule has 4 rings (SSSR count). The molecule has 1 aromatic heterocycles. The highest BCUT2D eigenvalue weighted by Crippen LogP contribution is 2.32. The summed E-state index contributed by atoms with van der Waals surface area (Å²) in [6, 6.07) is 13.2. The Bertz CT molecular complexity index is 1230. The maximum Gasteiger partial charge on any atom is 0.252 e. The lowest BCUT2D eigenvalue weighted by Crippen LogP contribution is -2.43. The summed E-state index contributed by atoms with van der Waals surface area (Å²) in [5.41, 5.74) is 8.67. The molecule has 2 heterocycles. The Morgan fingerprint density at radius 1 is 1.24 bits per heavy atom. The Balaban J connectivity index is 0.00000306. The van der Waals surface area contributed by atoms with Gasteiger partial charge in [-0.3, -0.25) is 14.3 Å². The number of halogens is 1. The Morgan fingerprint density at radius 3 is 2.58 bits per heavy atom. The zero-order chi connectivity index (χ0) is 22.8. The Hall–Kier alpha value is -3.67. The fraction of sp³-hybridized carbons (Fsp3) is 0.250. The molecule has 0 saturated heterocycles. The van der Waals surface area contributed by atoms with E-state index in [1.54, 1.807) is 58.1 Å². The van der Waals surface area contributed by atoms with Gasteiger partial charge in [-0.25, -0.2) is 4.85 Å². The van der Waals surface area contributed by atoms with Gasteiger partial charge in [0.15, 0.2) is 5.69 Å². The van der Waals surface area contributed by atoms with E-state index >= 15 is 0 Å². The van der Waals surface area contributed by atoms with Crippen LogP contribution in [-0.2, 0) is 17.8 Å². The SMILES string of the molecule is C.[C-]#[N+]c1ccc(CC(=O)N2Cc3c(C(N)=O)c(-c4cccc(Cl)c4)nn3C(CO)C2)cc1. The fourth-order valence-electron chi connectivity index (χ4n) is 3.90. The molecule has 8 nitrogen and oxygen atoms in total. The van der Waals surface area contributed by atoms with Gasteiger partial charge in [-0.1, -0.05) is 55.4 Å². The molecule has 3 N–H and O–H groups in total. The number of benzene rings is 2. The molecule has 0 radical (unpaired) electrons. The maximum absolute atomic E-state index is 13.0. The molecule has 1 unspecified atom stereocenters. The van der Waals surface area contributed by atoms with Gasteiger partial charge in [-0.15, -0.1) is 0 Å². The van der Waals surface area contributed by atoms with Crippen molar-refractivity contribution in [1.82, 2.24) is 14.7 Å². The fourth-order valence-corrected chi connectivity index (χ4v) is 4.09. The summed E-state index contributed by atoms with van der Waals surface area (Å²) >= 11 is 6.11. The highest BCUT2D eigenvalue weighted by Gasteiger charge is 2.34. The van der Waals surface area contributed by atoms with E-state index in [4.69, 9.17) is 23.9 Å². The number of carbonyl (C=O) groups excluding carboxylic acids is 2. The number of aromatic nitrogens is 2. The van der Waals surface area contributed by atoms with Crippen LogP contribution in [0.15, 0.2) is 48.5 Å². The first kappa shape index (κ1) is 24.0. The molecular formula is C24H24ClN5O3. The molecule has 170 valence electrons. The minimum Gasteiger partial charge on any atom is -0.394 e. The van der Waals surface area contributed by atoms with Crippen molar-refractivity contribution in [1.29, 1.82) is 0 Å². The molecule has 0 fully saturated rings. The summed E-state index contributed by atoms with van der Waals surface area (Å²) in [6.45, 7) is 7.16. The van der Waals surface area contributed by atoms with Crippen LogP contribution in [0.4, 0.5) is 5.69 Å². The molecule has 2 aromatic carbocycles. The van der Waals surface area contributed by atoms with Crippen molar-refractivity contribution in [3.8, 4) is 11.3 Å². The Kier molecular flexibility index (Phi) is 7.16. The van der Waals surface area contributed by atoms with Crippen LogP contribution in [0, 0.1) is 6.57 Å². The molecule has 0 aliphatic carbocycles. The number of hydrogen-bond donors (Lipinski definition) is 2. The van der Waals surface area contributed by atoms with E-state index < -0.39 is 11.9 Å². The van der Waals surface area contributed by atoms with Crippen LogP contribution in [0.1, 0.15) is 35.1 Å². The summed E-state index contributed by atoms with van der Waals surface area (Å²) in [4.78, 5) is 30.3. The molecule has 33 heavy (non-hydrogen) atoms. The molecule has 9 heteroatoms. The van der Waals surface area contributed by atoms with E-state index in [0.29, 0.717) is 27.7 Å². The molecule has 3 aromatic rings. The van der Waals surface area contributed by atoms with Crippen molar-refractivity contribution < 1.29 is 14.7 Å². The van der Waals surface area contributed by atoms with Gasteiger partial charge in [-0.05, 0) is 17.7 Å². The van der Waals surface area contributed by atoms with Crippen LogP contribution < -0.4 is 5.73 Å². The monoisotopic (exact) mass is 465 g/mol. The van der Waals surface area contributed by atoms with Gasteiger partial charge in [0.2, 0.25) is 5.91 Å². The highest BCUT2D eigenvalue weighted by atomic mass is 35.5. The number of rotatable bonds is 5. The molecule has 1 aliphatic rings. The van der Waals surface area contributed by atoms with Crippen molar-refractivity contribution in [2.75, 3.05) is 13.2 Å². The van der Waals surface area contributed by atoms with Gasteiger partial charge in [-0.2, -0.15) is 5.10 Å². The summed E-state index contributed by atoms with van der Waals surface area (Å²) in [5.74, 6) is -0.826. The third kappa shape index (κ3) is 4.75. The average molecular weight is 466 g/mol. The van der Waals surface area contributed by atoms with Crippen LogP contribution >= 0.6 is 11.6 Å². The first-order chi connectivity index (χ1) is 15.4.